The zero-order valence-electron chi connectivity index (χ0n) is 18.8. The molecule has 1 aromatic rings. The summed E-state index contributed by atoms with van der Waals surface area (Å²) in [7, 11) is 0. The smallest absolute Gasteiger partial charge is 0.340 e. The predicted molar refractivity (Wildman–Crippen MR) is 118 cm³/mol. The summed E-state index contributed by atoms with van der Waals surface area (Å²) in [6.07, 6.45) is 2.08. The van der Waals surface area contributed by atoms with Crippen LogP contribution in [0.3, 0.4) is 0 Å². The second-order valence-corrected chi connectivity index (χ2v) is 9.98. The van der Waals surface area contributed by atoms with Gasteiger partial charge in [0.1, 0.15) is 12.5 Å². The van der Waals surface area contributed by atoms with E-state index in [-0.39, 0.29) is 30.6 Å². The summed E-state index contributed by atoms with van der Waals surface area (Å²) in [6.45, 7) is 1.00. The Hall–Kier alpha value is -1.30. The van der Waals surface area contributed by atoms with E-state index in [0.717, 1.165) is 44.3 Å². The standard InChI is InChI=1S/C23H35F3N6O/c24-23(25,26)16-9-3-1-2-7-14-8-6-12-32(14)20-15(18-10-4-5-11-28-18)13-17(27)19(29-20)22-31-30-21(16)33-22/h4-5,10-11,14-17,19-22,29-31H,1-3,6-9,12-13,27H2/t14-,15?,16?,17?,19?,20?,21?,22?/m1/s1. The summed E-state index contributed by atoms with van der Waals surface area (Å²) in [6, 6.07) is 5.78. The van der Waals surface area contributed by atoms with Gasteiger partial charge < -0.3 is 10.5 Å². The first-order valence-corrected chi connectivity index (χ1v) is 12.3. The van der Waals surface area contributed by atoms with Gasteiger partial charge in [0.15, 0.2) is 0 Å². The molecule has 5 heterocycles. The lowest BCUT2D eigenvalue weighted by Crippen LogP contribution is -2.68. The lowest BCUT2D eigenvalue weighted by molar-refractivity contribution is -0.211. The number of hydrazine groups is 1. The maximum absolute atomic E-state index is 13.8. The highest BCUT2D eigenvalue weighted by atomic mass is 19.4. The van der Waals surface area contributed by atoms with Gasteiger partial charge in [-0.25, -0.2) is 10.9 Å². The van der Waals surface area contributed by atoms with Crippen molar-refractivity contribution in [3.63, 3.8) is 0 Å². The number of pyridine rings is 1. The topological polar surface area (TPSA) is 87.5 Å². The number of hydrogen-bond donors (Lipinski definition) is 4. The minimum atomic E-state index is -4.32. The number of ether oxygens (including phenoxy) is 1. The quantitative estimate of drug-likeness (QED) is 0.504. The van der Waals surface area contributed by atoms with E-state index in [1.165, 1.54) is 0 Å². The van der Waals surface area contributed by atoms with Crippen LogP contribution in [0, 0.1) is 5.92 Å². The molecule has 5 rings (SSSR count). The Kier molecular flexibility index (Phi) is 6.93. The SMILES string of the molecule is NC1CC(c2ccccn2)C2NC1C1NNC(O1)C(C(F)(F)F)CCCCC[C@@H]1CCCN21. The number of nitrogens with two attached hydrogens (primary N) is 1. The monoisotopic (exact) mass is 468 g/mol. The molecule has 5 N–H and O–H groups in total. The number of hydrogen-bond acceptors (Lipinski definition) is 7. The molecule has 33 heavy (non-hydrogen) atoms. The predicted octanol–water partition coefficient (Wildman–Crippen LogP) is 2.56. The van der Waals surface area contributed by atoms with Crippen LogP contribution in [0.25, 0.3) is 0 Å². The molecule has 4 bridgehead atoms. The molecule has 0 saturated carbocycles. The van der Waals surface area contributed by atoms with E-state index >= 15 is 0 Å². The molecule has 4 aliphatic heterocycles. The second kappa shape index (κ2) is 9.75. The Labute approximate surface area is 193 Å². The number of fused-ring (bicyclic) bond motifs is 7. The normalized spacial score (nSPS) is 40.8. The number of rotatable bonds is 1. The average molecular weight is 469 g/mol. The molecule has 8 atom stereocenters. The Morgan fingerprint density at radius 2 is 1.82 bits per heavy atom. The first kappa shape index (κ1) is 23.4. The van der Waals surface area contributed by atoms with Gasteiger partial charge in [-0.15, -0.1) is 0 Å². The molecule has 0 aliphatic carbocycles. The highest BCUT2D eigenvalue weighted by molar-refractivity contribution is 5.16. The summed E-state index contributed by atoms with van der Waals surface area (Å²) < 4.78 is 47.4. The molecule has 0 radical (unpaired) electrons. The van der Waals surface area contributed by atoms with Gasteiger partial charge in [-0.05, 0) is 44.2 Å². The Morgan fingerprint density at radius 3 is 2.61 bits per heavy atom. The van der Waals surface area contributed by atoms with E-state index in [1.807, 2.05) is 24.4 Å². The van der Waals surface area contributed by atoms with Crippen molar-refractivity contribution in [3.05, 3.63) is 30.1 Å². The van der Waals surface area contributed by atoms with Crippen LogP contribution in [0.2, 0.25) is 0 Å². The fraction of sp³-hybridized carbons (Fsp3) is 0.783. The third-order valence-corrected chi connectivity index (χ3v) is 7.90. The van der Waals surface area contributed by atoms with Gasteiger partial charge in [0.2, 0.25) is 0 Å². The largest absolute Gasteiger partial charge is 0.395 e. The first-order chi connectivity index (χ1) is 15.9. The zero-order valence-corrected chi connectivity index (χ0v) is 18.8. The molecule has 7 unspecified atom stereocenters. The van der Waals surface area contributed by atoms with Gasteiger partial charge in [-0.3, -0.25) is 15.2 Å². The molecule has 184 valence electrons. The van der Waals surface area contributed by atoms with Gasteiger partial charge in [0, 0.05) is 36.4 Å². The zero-order chi connectivity index (χ0) is 23.0. The van der Waals surface area contributed by atoms with Crippen molar-refractivity contribution in [2.45, 2.75) is 100 Å². The van der Waals surface area contributed by atoms with Crippen LogP contribution >= 0.6 is 0 Å². The van der Waals surface area contributed by atoms with Crippen LogP contribution in [-0.2, 0) is 4.74 Å². The molecule has 10 heteroatoms. The Balaban J connectivity index is 1.44. The number of piperidine rings is 1. The average Bonchev–Trinajstić information content (AvgIpc) is 3.45. The maximum atomic E-state index is 13.8. The molecule has 7 nitrogen and oxygen atoms in total. The molecular formula is C23H35F3N6O. The van der Waals surface area contributed by atoms with Gasteiger partial charge in [-0.1, -0.05) is 25.3 Å². The van der Waals surface area contributed by atoms with Gasteiger partial charge in [0.05, 0.1) is 18.1 Å². The molecule has 0 amide bonds. The molecule has 4 aliphatic rings. The summed E-state index contributed by atoms with van der Waals surface area (Å²) in [5.74, 6) is -1.43. The van der Waals surface area contributed by atoms with Crippen LogP contribution in [-0.4, -0.2) is 59.4 Å². The maximum Gasteiger partial charge on any atom is 0.395 e. The van der Waals surface area contributed by atoms with Crippen LogP contribution < -0.4 is 21.9 Å². The molecule has 4 fully saturated rings. The lowest BCUT2D eigenvalue weighted by Gasteiger charge is -2.47. The summed E-state index contributed by atoms with van der Waals surface area (Å²) in [5, 5.41) is 3.71. The van der Waals surface area contributed by atoms with Crippen LogP contribution in [0.4, 0.5) is 13.2 Å². The molecular weight excluding hydrogens is 433 g/mol. The summed E-state index contributed by atoms with van der Waals surface area (Å²) in [5.41, 5.74) is 13.4. The fourth-order valence-electron chi connectivity index (χ4n) is 6.22. The van der Waals surface area contributed by atoms with Gasteiger partial charge in [-0.2, -0.15) is 13.2 Å². The lowest BCUT2D eigenvalue weighted by atomic mass is 9.83. The minimum Gasteiger partial charge on any atom is -0.340 e. The van der Waals surface area contributed by atoms with Crippen LogP contribution in [0.5, 0.6) is 0 Å². The molecule has 1 aromatic heterocycles. The number of alkyl halides is 3. The van der Waals surface area contributed by atoms with Crippen molar-refractivity contribution in [1.82, 2.24) is 26.1 Å². The van der Waals surface area contributed by atoms with E-state index in [1.54, 1.807) is 0 Å². The highest BCUT2D eigenvalue weighted by Crippen LogP contribution is 2.39. The van der Waals surface area contributed by atoms with Crippen molar-refractivity contribution in [3.8, 4) is 0 Å². The van der Waals surface area contributed by atoms with Crippen molar-refractivity contribution in [2.24, 2.45) is 11.7 Å². The Bertz CT molecular complexity index is 783. The van der Waals surface area contributed by atoms with E-state index in [4.69, 9.17) is 10.5 Å². The highest BCUT2D eigenvalue weighted by Gasteiger charge is 2.51. The van der Waals surface area contributed by atoms with E-state index < -0.39 is 24.6 Å². The van der Waals surface area contributed by atoms with Gasteiger partial charge >= 0.3 is 6.18 Å². The van der Waals surface area contributed by atoms with Crippen LogP contribution in [0.15, 0.2) is 24.4 Å². The number of nitrogens with one attached hydrogen (secondary N) is 3. The third-order valence-electron chi connectivity index (χ3n) is 7.90. The van der Waals surface area contributed by atoms with Crippen molar-refractivity contribution < 1.29 is 17.9 Å². The van der Waals surface area contributed by atoms with Crippen molar-refractivity contribution in [1.29, 1.82) is 0 Å². The Morgan fingerprint density at radius 1 is 1.03 bits per heavy atom. The minimum absolute atomic E-state index is 0.0167. The fourth-order valence-corrected chi connectivity index (χ4v) is 6.22. The molecule has 0 spiro atoms. The third kappa shape index (κ3) is 4.92. The van der Waals surface area contributed by atoms with Crippen molar-refractivity contribution in [2.75, 3.05) is 6.54 Å². The van der Waals surface area contributed by atoms with E-state index in [9.17, 15) is 13.2 Å². The van der Waals surface area contributed by atoms with E-state index in [2.05, 4.69) is 26.1 Å². The van der Waals surface area contributed by atoms with Crippen LogP contribution in [0.1, 0.15) is 63.0 Å². The number of nitrogens with zero attached hydrogens (tertiary/aromatic N) is 2. The number of aromatic nitrogens is 1. The second-order valence-electron chi connectivity index (χ2n) is 9.98. The summed E-state index contributed by atoms with van der Waals surface area (Å²) >= 11 is 0. The van der Waals surface area contributed by atoms with Crippen molar-refractivity contribution >= 4 is 0 Å². The molecule has 4 saturated heterocycles. The van der Waals surface area contributed by atoms with Gasteiger partial charge in [0.25, 0.3) is 0 Å². The number of halogens is 3. The molecule has 0 aromatic carbocycles. The van der Waals surface area contributed by atoms with E-state index in [0.29, 0.717) is 18.9 Å². The first-order valence-electron chi connectivity index (χ1n) is 12.3. The summed E-state index contributed by atoms with van der Waals surface area (Å²) in [4.78, 5) is 7.19.